The van der Waals surface area contributed by atoms with Crippen molar-refractivity contribution < 1.29 is 19.1 Å². The third-order valence-corrected chi connectivity index (χ3v) is 3.94. The summed E-state index contributed by atoms with van der Waals surface area (Å²) < 4.78 is 10.3. The van der Waals surface area contributed by atoms with Crippen molar-refractivity contribution in [3.63, 3.8) is 0 Å². The van der Waals surface area contributed by atoms with E-state index in [0.29, 0.717) is 17.0 Å². The summed E-state index contributed by atoms with van der Waals surface area (Å²) in [7, 11) is 1.61. The second-order valence-corrected chi connectivity index (χ2v) is 5.85. The molecule has 1 atom stereocenters. The SMILES string of the molecule is COc1ccc(CCOC(=O)[C@@H](C)NC(=O)c2ccccc2Cl)cc1. The standard InChI is InChI=1S/C19H20ClNO4/c1-13(21-18(22)16-5-3-4-6-17(16)20)19(23)25-12-11-14-7-9-15(24-2)10-8-14/h3-10,13H,11-12H2,1-2H3,(H,21,22)/t13-/m1/s1. The molecular formula is C19H20ClNO4. The van der Waals surface area contributed by atoms with Crippen LogP contribution < -0.4 is 10.1 Å². The first kappa shape index (κ1) is 18.8. The summed E-state index contributed by atoms with van der Waals surface area (Å²) in [5, 5.41) is 2.92. The summed E-state index contributed by atoms with van der Waals surface area (Å²) in [6.45, 7) is 1.81. The van der Waals surface area contributed by atoms with Gasteiger partial charge in [-0.3, -0.25) is 4.79 Å². The average Bonchev–Trinajstić information content (AvgIpc) is 2.62. The smallest absolute Gasteiger partial charge is 0.328 e. The highest BCUT2D eigenvalue weighted by Gasteiger charge is 2.19. The Morgan fingerprint density at radius 2 is 1.80 bits per heavy atom. The van der Waals surface area contributed by atoms with Gasteiger partial charge in [0, 0.05) is 6.42 Å². The highest BCUT2D eigenvalue weighted by atomic mass is 35.5. The molecule has 0 aromatic heterocycles. The van der Waals surface area contributed by atoms with Gasteiger partial charge in [-0.05, 0) is 36.8 Å². The molecule has 2 rings (SSSR count). The highest BCUT2D eigenvalue weighted by Crippen LogP contribution is 2.15. The summed E-state index contributed by atoms with van der Waals surface area (Å²) in [5.41, 5.74) is 1.35. The van der Waals surface area contributed by atoms with Crippen molar-refractivity contribution in [1.82, 2.24) is 5.32 Å². The summed E-state index contributed by atoms with van der Waals surface area (Å²) in [5.74, 6) is -0.129. The van der Waals surface area contributed by atoms with E-state index in [1.54, 1.807) is 38.3 Å². The maximum absolute atomic E-state index is 12.1. The van der Waals surface area contributed by atoms with Gasteiger partial charge < -0.3 is 14.8 Å². The van der Waals surface area contributed by atoms with Gasteiger partial charge in [-0.1, -0.05) is 35.9 Å². The first-order valence-corrected chi connectivity index (χ1v) is 8.24. The van der Waals surface area contributed by atoms with Crippen LogP contribution in [0.5, 0.6) is 5.75 Å². The molecular weight excluding hydrogens is 342 g/mol. The highest BCUT2D eigenvalue weighted by molar-refractivity contribution is 6.33. The molecule has 6 heteroatoms. The van der Waals surface area contributed by atoms with E-state index in [4.69, 9.17) is 21.1 Å². The fourth-order valence-electron chi connectivity index (χ4n) is 2.17. The number of ether oxygens (including phenoxy) is 2. The van der Waals surface area contributed by atoms with E-state index < -0.39 is 17.9 Å². The minimum atomic E-state index is -0.764. The minimum Gasteiger partial charge on any atom is -0.497 e. The molecule has 0 aliphatic rings. The number of halogens is 1. The van der Waals surface area contributed by atoms with E-state index in [-0.39, 0.29) is 6.61 Å². The van der Waals surface area contributed by atoms with Crippen molar-refractivity contribution in [2.45, 2.75) is 19.4 Å². The maximum Gasteiger partial charge on any atom is 0.328 e. The molecule has 0 bridgehead atoms. The average molecular weight is 362 g/mol. The van der Waals surface area contributed by atoms with Crippen LogP contribution in [0.3, 0.4) is 0 Å². The van der Waals surface area contributed by atoms with E-state index in [1.807, 2.05) is 24.3 Å². The molecule has 1 amide bonds. The summed E-state index contributed by atoms with van der Waals surface area (Å²) >= 11 is 5.97. The Bertz CT molecular complexity index is 730. The molecule has 2 aromatic rings. The van der Waals surface area contributed by atoms with Crippen LogP contribution in [0.25, 0.3) is 0 Å². The molecule has 25 heavy (non-hydrogen) atoms. The second-order valence-electron chi connectivity index (χ2n) is 5.44. The van der Waals surface area contributed by atoms with Gasteiger partial charge in [-0.2, -0.15) is 0 Å². The number of rotatable bonds is 7. The van der Waals surface area contributed by atoms with Crippen LogP contribution in [0.2, 0.25) is 5.02 Å². The fraction of sp³-hybridized carbons (Fsp3) is 0.263. The Labute approximate surface area is 151 Å². The maximum atomic E-state index is 12.1. The van der Waals surface area contributed by atoms with Crippen LogP contribution in [0.4, 0.5) is 0 Å². The zero-order chi connectivity index (χ0) is 18.2. The molecule has 2 aromatic carbocycles. The molecule has 0 saturated heterocycles. The molecule has 0 saturated carbocycles. The molecule has 0 heterocycles. The van der Waals surface area contributed by atoms with Gasteiger partial charge in [-0.25, -0.2) is 4.79 Å². The Hall–Kier alpha value is -2.53. The number of benzene rings is 2. The van der Waals surface area contributed by atoms with Crippen LogP contribution in [0.1, 0.15) is 22.8 Å². The first-order chi connectivity index (χ1) is 12.0. The number of amides is 1. The zero-order valence-corrected chi connectivity index (χ0v) is 14.9. The topological polar surface area (TPSA) is 64.6 Å². The van der Waals surface area contributed by atoms with Gasteiger partial charge in [-0.15, -0.1) is 0 Å². The van der Waals surface area contributed by atoms with E-state index in [2.05, 4.69) is 5.32 Å². The molecule has 0 unspecified atom stereocenters. The Kier molecular flexibility index (Phi) is 6.83. The Morgan fingerprint density at radius 1 is 1.12 bits per heavy atom. The monoisotopic (exact) mass is 361 g/mol. The molecule has 132 valence electrons. The molecule has 5 nitrogen and oxygen atoms in total. The Balaban J connectivity index is 1.79. The number of methoxy groups -OCH3 is 1. The lowest BCUT2D eigenvalue weighted by Crippen LogP contribution is -2.39. The van der Waals surface area contributed by atoms with Crippen molar-refractivity contribution in [2.75, 3.05) is 13.7 Å². The lowest BCUT2D eigenvalue weighted by Gasteiger charge is -2.14. The van der Waals surface area contributed by atoms with Crippen molar-refractivity contribution in [3.05, 3.63) is 64.7 Å². The predicted octanol–water partition coefficient (Wildman–Crippen LogP) is 3.25. The summed E-state index contributed by atoms with van der Waals surface area (Å²) in [6.07, 6.45) is 0.584. The van der Waals surface area contributed by atoms with Gasteiger partial charge in [0.05, 0.1) is 24.3 Å². The van der Waals surface area contributed by atoms with Crippen LogP contribution in [0.15, 0.2) is 48.5 Å². The predicted molar refractivity (Wildman–Crippen MR) is 96.0 cm³/mol. The minimum absolute atomic E-state index is 0.234. The van der Waals surface area contributed by atoms with E-state index in [1.165, 1.54) is 0 Å². The second kappa shape index (κ2) is 9.08. The van der Waals surface area contributed by atoms with Gasteiger partial charge in [0.25, 0.3) is 5.91 Å². The van der Waals surface area contributed by atoms with Crippen LogP contribution >= 0.6 is 11.6 Å². The Morgan fingerprint density at radius 3 is 2.44 bits per heavy atom. The van der Waals surface area contributed by atoms with Gasteiger partial charge in [0.1, 0.15) is 11.8 Å². The van der Waals surface area contributed by atoms with Crippen molar-refractivity contribution in [1.29, 1.82) is 0 Å². The van der Waals surface area contributed by atoms with Crippen molar-refractivity contribution in [2.24, 2.45) is 0 Å². The molecule has 0 aliphatic carbocycles. The van der Waals surface area contributed by atoms with Crippen LogP contribution in [0, 0.1) is 0 Å². The molecule has 1 N–H and O–H groups in total. The number of hydrogen-bond donors (Lipinski definition) is 1. The van der Waals surface area contributed by atoms with Crippen molar-refractivity contribution in [3.8, 4) is 5.75 Å². The summed E-state index contributed by atoms with van der Waals surface area (Å²) in [4.78, 5) is 24.1. The number of carbonyl (C=O) groups excluding carboxylic acids is 2. The molecule has 0 spiro atoms. The van der Waals surface area contributed by atoms with E-state index in [9.17, 15) is 9.59 Å². The lowest BCUT2D eigenvalue weighted by molar-refractivity contribution is -0.145. The third kappa shape index (κ3) is 5.50. The fourth-order valence-corrected chi connectivity index (χ4v) is 2.39. The van der Waals surface area contributed by atoms with Crippen molar-refractivity contribution >= 4 is 23.5 Å². The van der Waals surface area contributed by atoms with Gasteiger partial charge in [0.15, 0.2) is 0 Å². The largest absolute Gasteiger partial charge is 0.497 e. The summed E-state index contributed by atoms with van der Waals surface area (Å²) in [6, 6.07) is 13.4. The first-order valence-electron chi connectivity index (χ1n) is 7.86. The van der Waals surface area contributed by atoms with E-state index >= 15 is 0 Å². The lowest BCUT2D eigenvalue weighted by atomic mass is 10.1. The molecule has 0 aliphatic heterocycles. The number of nitrogens with one attached hydrogen (secondary N) is 1. The van der Waals surface area contributed by atoms with Gasteiger partial charge >= 0.3 is 5.97 Å². The quantitative estimate of drug-likeness (QED) is 0.769. The van der Waals surface area contributed by atoms with Crippen LogP contribution in [-0.4, -0.2) is 31.6 Å². The third-order valence-electron chi connectivity index (χ3n) is 3.61. The molecule has 0 fully saturated rings. The molecule has 0 radical (unpaired) electrons. The number of hydrogen-bond acceptors (Lipinski definition) is 4. The number of esters is 1. The van der Waals surface area contributed by atoms with Crippen LogP contribution in [-0.2, 0) is 16.0 Å². The van der Waals surface area contributed by atoms with Gasteiger partial charge in [0.2, 0.25) is 0 Å². The number of carbonyl (C=O) groups is 2. The normalized spacial score (nSPS) is 11.5. The zero-order valence-electron chi connectivity index (χ0n) is 14.1. The van der Waals surface area contributed by atoms with E-state index in [0.717, 1.165) is 11.3 Å².